The van der Waals surface area contributed by atoms with Crippen molar-refractivity contribution in [2.75, 3.05) is 10.6 Å². The van der Waals surface area contributed by atoms with Gasteiger partial charge in [0.15, 0.2) is 0 Å². The number of anilines is 3. The second kappa shape index (κ2) is 8.15. The van der Waals surface area contributed by atoms with Gasteiger partial charge in [0.1, 0.15) is 5.82 Å². The van der Waals surface area contributed by atoms with E-state index < -0.39 is 0 Å². The molecule has 0 aliphatic rings. The van der Waals surface area contributed by atoms with Crippen molar-refractivity contribution in [1.29, 1.82) is 0 Å². The number of hydrogen-bond acceptors (Lipinski definition) is 5. The van der Waals surface area contributed by atoms with Crippen LogP contribution in [0.4, 0.5) is 17.5 Å². The van der Waals surface area contributed by atoms with Gasteiger partial charge in [-0.15, -0.1) is 0 Å². The number of halogens is 1. The SMILES string of the molecule is CC[C@@H](C)Nc1nc(Nc2ccc(C)cc2Cl)cc(-c2cccnc2)n1. The number of rotatable bonds is 6. The highest BCUT2D eigenvalue weighted by atomic mass is 35.5. The summed E-state index contributed by atoms with van der Waals surface area (Å²) in [4.78, 5) is 13.4. The molecule has 1 atom stereocenters. The van der Waals surface area contributed by atoms with Gasteiger partial charge in [0.25, 0.3) is 0 Å². The summed E-state index contributed by atoms with van der Waals surface area (Å²) in [6.45, 7) is 6.23. The van der Waals surface area contributed by atoms with E-state index in [1.807, 2.05) is 43.3 Å². The predicted molar refractivity (Wildman–Crippen MR) is 108 cm³/mol. The van der Waals surface area contributed by atoms with Crippen LogP contribution in [0.5, 0.6) is 0 Å². The minimum atomic E-state index is 0.273. The normalized spacial score (nSPS) is 11.8. The van der Waals surface area contributed by atoms with Crippen LogP contribution in [0.3, 0.4) is 0 Å². The Bertz CT molecular complexity index is 883. The third-order valence-electron chi connectivity index (χ3n) is 4.06. The van der Waals surface area contributed by atoms with Crippen LogP contribution in [0.1, 0.15) is 25.8 Å². The molecule has 6 heteroatoms. The quantitative estimate of drug-likeness (QED) is 0.606. The first-order valence-corrected chi connectivity index (χ1v) is 9.02. The fourth-order valence-electron chi connectivity index (χ4n) is 2.42. The zero-order valence-electron chi connectivity index (χ0n) is 15.1. The van der Waals surface area contributed by atoms with Gasteiger partial charge in [-0.1, -0.05) is 24.6 Å². The molecule has 0 aliphatic heterocycles. The first kappa shape index (κ1) is 18.1. The maximum atomic E-state index is 6.35. The van der Waals surface area contributed by atoms with Crippen LogP contribution in [0, 0.1) is 6.92 Å². The average molecular weight is 368 g/mol. The van der Waals surface area contributed by atoms with Crippen molar-refractivity contribution in [3.05, 3.63) is 59.4 Å². The molecule has 2 aromatic heterocycles. The Balaban J connectivity index is 1.98. The lowest BCUT2D eigenvalue weighted by Crippen LogP contribution is -2.16. The van der Waals surface area contributed by atoms with E-state index in [1.54, 1.807) is 12.4 Å². The molecule has 0 saturated carbocycles. The van der Waals surface area contributed by atoms with E-state index in [9.17, 15) is 0 Å². The van der Waals surface area contributed by atoms with Gasteiger partial charge in [0.2, 0.25) is 5.95 Å². The predicted octanol–water partition coefficient (Wildman–Crippen LogP) is 5.45. The van der Waals surface area contributed by atoms with Crippen LogP contribution in [0.25, 0.3) is 11.3 Å². The summed E-state index contributed by atoms with van der Waals surface area (Å²) in [7, 11) is 0. The number of aromatic nitrogens is 3. The van der Waals surface area contributed by atoms with E-state index in [2.05, 4.69) is 39.4 Å². The topological polar surface area (TPSA) is 62.7 Å². The van der Waals surface area contributed by atoms with Gasteiger partial charge >= 0.3 is 0 Å². The van der Waals surface area contributed by atoms with Gasteiger partial charge in [0, 0.05) is 30.1 Å². The molecule has 134 valence electrons. The minimum Gasteiger partial charge on any atom is -0.352 e. The maximum absolute atomic E-state index is 6.35. The molecule has 26 heavy (non-hydrogen) atoms. The highest BCUT2D eigenvalue weighted by molar-refractivity contribution is 6.33. The molecule has 0 unspecified atom stereocenters. The lowest BCUT2D eigenvalue weighted by molar-refractivity contribution is 0.753. The van der Waals surface area contributed by atoms with Crippen LogP contribution >= 0.6 is 11.6 Å². The lowest BCUT2D eigenvalue weighted by atomic mass is 10.2. The monoisotopic (exact) mass is 367 g/mol. The third-order valence-corrected chi connectivity index (χ3v) is 4.37. The fourth-order valence-corrected chi connectivity index (χ4v) is 2.70. The zero-order valence-corrected chi connectivity index (χ0v) is 15.9. The van der Waals surface area contributed by atoms with Crippen LogP contribution in [-0.4, -0.2) is 21.0 Å². The Morgan fingerprint density at radius 1 is 1.15 bits per heavy atom. The Kier molecular flexibility index (Phi) is 5.68. The Morgan fingerprint density at radius 2 is 2.00 bits per heavy atom. The summed E-state index contributed by atoms with van der Waals surface area (Å²) in [5, 5.41) is 7.29. The van der Waals surface area contributed by atoms with Crippen molar-refractivity contribution in [2.24, 2.45) is 0 Å². The average Bonchev–Trinajstić information content (AvgIpc) is 2.64. The van der Waals surface area contributed by atoms with Gasteiger partial charge in [-0.2, -0.15) is 4.98 Å². The van der Waals surface area contributed by atoms with E-state index in [-0.39, 0.29) is 6.04 Å². The van der Waals surface area contributed by atoms with Gasteiger partial charge in [-0.25, -0.2) is 4.98 Å². The van der Waals surface area contributed by atoms with E-state index in [0.717, 1.165) is 28.9 Å². The summed E-state index contributed by atoms with van der Waals surface area (Å²) < 4.78 is 0. The van der Waals surface area contributed by atoms with Crippen LogP contribution in [0.15, 0.2) is 48.8 Å². The van der Waals surface area contributed by atoms with E-state index in [4.69, 9.17) is 11.6 Å². The van der Waals surface area contributed by atoms with Crippen molar-refractivity contribution in [1.82, 2.24) is 15.0 Å². The minimum absolute atomic E-state index is 0.273. The molecule has 0 fully saturated rings. The molecule has 1 aromatic carbocycles. The molecular weight excluding hydrogens is 346 g/mol. The van der Waals surface area contributed by atoms with Gasteiger partial charge in [-0.05, 0) is 50.1 Å². The van der Waals surface area contributed by atoms with Gasteiger partial charge in [0.05, 0.1) is 16.4 Å². The van der Waals surface area contributed by atoms with Crippen molar-refractivity contribution in [3.8, 4) is 11.3 Å². The van der Waals surface area contributed by atoms with Crippen molar-refractivity contribution < 1.29 is 0 Å². The number of pyridine rings is 1. The van der Waals surface area contributed by atoms with E-state index in [0.29, 0.717) is 16.8 Å². The Morgan fingerprint density at radius 3 is 2.69 bits per heavy atom. The molecule has 3 aromatic rings. The molecule has 0 spiro atoms. The molecule has 5 nitrogen and oxygen atoms in total. The van der Waals surface area contributed by atoms with Crippen LogP contribution in [-0.2, 0) is 0 Å². The number of nitrogens with zero attached hydrogens (tertiary/aromatic N) is 3. The standard InChI is InChI=1S/C20H22ClN5/c1-4-14(3)23-20-25-18(15-6-5-9-22-12-15)11-19(26-20)24-17-8-7-13(2)10-16(17)21/h5-12,14H,4H2,1-3H3,(H2,23,24,25,26)/t14-/m1/s1. The molecule has 3 rings (SSSR count). The van der Waals surface area contributed by atoms with Crippen molar-refractivity contribution in [3.63, 3.8) is 0 Å². The van der Waals surface area contributed by atoms with Gasteiger partial charge in [-0.3, -0.25) is 4.98 Å². The van der Waals surface area contributed by atoms with Gasteiger partial charge < -0.3 is 10.6 Å². The second-order valence-corrected chi connectivity index (χ2v) is 6.67. The summed E-state index contributed by atoms with van der Waals surface area (Å²) in [5.41, 5.74) is 3.64. The van der Waals surface area contributed by atoms with E-state index >= 15 is 0 Å². The molecule has 0 saturated heterocycles. The van der Waals surface area contributed by atoms with Crippen LogP contribution in [0.2, 0.25) is 5.02 Å². The summed E-state index contributed by atoms with van der Waals surface area (Å²) in [5.74, 6) is 1.25. The molecule has 2 N–H and O–H groups in total. The molecule has 0 radical (unpaired) electrons. The number of hydrogen-bond donors (Lipinski definition) is 2. The highest BCUT2D eigenvalue weighted by Crippen LogP contribution is 2.28. The summed E-state index contributed by atoms with van der Waals surface area (Å²) in [6, 6.07) is 11.9. The first-order valence-electron chi connectivity index (χ1n) is 8.64. The molecule has 2 heterocycles. The Hall–Kier alpha value is -2.66. The molecule has 0 bridgehead atoms. The summed E-state index contributed by atoms with van der Waals surface area (Å²) in [6.07, 6.45) is 4.51. The molecular formula is C20H22ClN5. The number of benzene rings is 1. The second-order valence-electron chi connectivity index (χ2n) is 6.27. The van der Waals surface area contributed by atoms with Crippen molar-refractivity contribution in [2.45, 2.75) is 33.2 Å². The number of aryl methyl sites for hydroxylation is 1. The number of nitrogens with one attached hydrogen (secondary N) is 2. The Labute approximate surface area is 158 Å². The van der Waals surface area contributed by atoms with E-state index in [1.165, 1.54) is 0 Å². The lowest BCUT2D eigenvalue weighted by Gasteiger charge is -2.15. The highest BCUT2D eigenvalue weighted by Gasteiger charge is 2.10. The maximum Gasteiger partial charge on any atom is 0.225 e. The third kappa shape index (κ3) is 4.49. The van der Waals surface area contributed by atoms with Crippen molar-refractivity contribution >= 4 is 29.1 Å². The molecule has 0 amide bonds. The largest absolute Gasteiger partial charge is 0.352 e. The summed E-state index contributed by atoms with van der Waals surface area (Å²) >= 11 is 6.35. The fraction of sp³-hybridized carbons (Fsp3) is 0.250. The smallest absolute Gasteiger partial charge is 0.225 e. The van der Waals surface area contributed by atoms with Crippen LogP contribution < -0.4 is 10.6 Å². The zero-order chi connectivity index (χ0) is 18.5. The first-order chi connectivity index (χ1) is 12.5. The molecule has 0 aliphatic carbocycles.